The van der Waals surface area contributed by atoms with Crippen LogP contribution in [0.2, 0.25) is 0 Å². The van der Waals surface area contributed by atoms with E-state index in [4.69, 9.17) is 0 Å². The van der Waals surface area contributed by atoms with Crippen LogP contribution in [0.25, 0.3) is 11.4 Å². The number of carbonyl (C=O) groups excluding carboxylic acids is 1. The van der Waals surface area contributed by atoms with Crippen molar-refractivity contribution in [2.24, 2.45) is 5.92 Å². The number of nitrogens with zero attached hydrogens (tertiary/aromatic N) is 5. The van der Waals surface area contributed by atoms with E-state index in [2.05, 4.69) is 25.3 Å². The van der Waals surface area contributed by atoms with Crippen molar-refractivity contribution < 1.29 is 22.4 Å². The molecular formula is C24H24F4N6O. The van der Waals surface area contributed by atoms with Crippen molar-refractivity contribution in [3.05, 3.63) is 65.5 Å². The summed E-state index contributed by atoms with van der Waals surface area (Å²) in [6, 6.07) is 4.13. The number of aryl methyl sites for hydroxylation is 1. The quantitative estimate of drug-likeness (QED) is 0.522. The van der Waals surface area contributed by atoms with E-state index in [0.717, 1.165) is 25.2 Å². The highest BCUT2D eigenvalue weighted by molar-refractivity contribution is 6.00. The molecule has 184 valence electrons. The standard InChI is InChI=1S/C24H24F4N6O/c1-14-5-3-8-34(20(14)13-33-23-31-11-16(12-32-23)24(26,27)28)22(35)18-9-15(2)19(25)10-17(18)21-29-6-4-7-30-21/h4,6-7,9-12,14,20H,3,5,8,13H2,1-2H3,(H,31,32,33). The van der Waals surface area contributed by atoms with Crippen LogP contribution in [0.5, 0.6) is 0 Å². The predicted molar refractivity (Wildman–Crippen MR) is 121 cm³/mol. The van der Waals surface area contributed by atoms with E-state index in [9.17, 15) is 22.4 Å². The largest absolute Gasteiger partial charge is 0.419 e. The molecule has 0 bridgehead atoms. The zero-order valence-corrected chi connectivity index (χ0v) is 19.2. The van der Waals surface area contributed by atoms with E-state index in [0.29, 0.717) is 23.2 Å². The van der Waals surface area contributed by atoms with E-state index in [1.807, 2.05) is 6.92 Å². The molecule has 0 spiro atoms. The molecule has 1 saturated heterocycles. The Bertz CT molecular complexity index is 1190. The second kappa shape index (κ2) is 9.93. The van der Waals surface area contributed by atoms with Crippen molar-refractivity contribution >= 4 is 11.9 Å². The number of halogens is 4. The molecule has 35 heavy (non-hydrogen) atoms. The maximum absolute atomic E-state index is 14.4. The zero-order valence-electron chi connectivity index (χ0n) is 19.2. The molecule has 1 amide bonds. The number of likely N-dealkylation sites (tertiary alicyclic amines) is 1. The van der Waals surface area contributed by atoms with Crippen LogP contribution in [-0.4, -0.2) is 49.9 Å². The molecular weight excluding hydrogens is 464 g/mol. The third kappa shape index (κ3) is 5.39. The highest BCUT2D eigenvalue weighted by Crippen LogP contribution is 2.31. The first-order valence-corrected chi connectivity index (χ1v) is 11.2. The molecule has 1 fully saturated rings. The molecule has 7 nitrogen and oxygen atoms in total. The second-order valence-corrected chi connectivity index (χ2v) is 8.58. The van der Waals surface area contributed by atoms with Crippen molar-refractivity contribution in [1.29, 1.82) is 0 Å². The van der Waals surface area contributed by atoms with Gasteiger partial charge < -0.3 is 10.2 Å². The van der Waals surface area contributed by atoms with E-state index in [1.165, 1.54) is 24.5 Å². The fourth-order valence-electron chi connectivity index (χ4n) is 4.21. The topological polar surface area (TPSA) is 83.9 Å². The Morgan fingerprint density at radius 1 is 1.14 bits per heavy atom. The third-order valence-corrected chi connectivity index (χ3v) is 6.16. The van der Waals surface area contributed by atoms with Gasteiger partial charge in [-0.1, -0.05) is 6.92 Å². The molecule has 1 N–H and O–H groups in total. The number of piperidine rings is 1. The van der Waals surface area contributed by atoms with E-state index >= 15 is 0 Å². The van der Waals surface area contributed by atoms with Gasteiger partial charge in [0.25, 0.3) is 5.91 Å². The summed E-state index contributed by atoms with van der Waals surface area (Å²) in [6.45, 7) is 4.32. The predicted octanol–water partition coefficient (Wildman–Crippen LogP) is 4.75. The van der Waals surface area contributed by atoms with Gasteiger partial charge in [0, 0.05) is 43.4 Å². The number of hydrogen-bond acceptors (Lipinski definition) is 6. The molecule has 4 rings (SSSR count). The highest BCUT2D eigenvalue weighted by Gasteiger charge is 2.34. The summed E-state index contributed by atoms with van der Waals surface area (Å²) < 4.78 is 52.8. The van der Waals surface area contributed by atoms with Crippen LogP contribution < -0.4 is 5.32 Å². The molecule has 3 heterocycles. The van der Waals surface area contributed by atoms with Gasteiger partial charge in [0.05, 0.1) is 17.2 Å². The van der Waals surface area contributed by atoms with Crippen LogP contribution in [0.1, 0.15) is 41.3 Å². The van der Waals surface area contributed by atoms with Crippen LogP contribution in [0, 0.1) is 18.7 Å². The smallest absolute Gasteiger partial charge is 0.352 e. The first kappa shape index (κ1) is 24.5. The molecule has 0 aliphatic carbocycles. The number of benzene rings is 1. The first-order valence-electron chi connectivity index (χ1n) is 11.2. The number of amides is 1. The summed E-state index contributed by atoms with van der Waals surface area (Å²) in [7, 11) is 0. The van der Waals surface area contributed by atoms with Crippen LogP contribution in [0.4, 0.5) is 23.5 Å². The molecule has 0 radical (unpaired) electrons. The maximum atomic E-state index is 14.4. The fourth-order valence-corrected chi connectivity index (χ4v) is 4.21. The second-order valence-electron chi connectivity index (χ2n) is 8.58. The molecule has 1 aliphatic rings. The lowest BCUT2D eigenvalue weighted by atomic mass is 9.89. The minimum Gasteiger partial charge on any atom is -0.352 e. The monoisotopic (exact) mass is 488 g/mol. The lowest BCUT2D eigenvalue weighted by molar-refractivity contribution is -0.138. The van der Waals surface area contributed by atoms with Crippen molar-refractivity contribution in [3.63, 3.8) is 0 Å². The first-order chi connectivity index (χ1) is 16.6. The van der Waals surface area contributed by atoms with Crippen LogP contribution in [0.3, 0.4) is 0 Å². The molecule has 2 atom stereocenters. The third-order valence-electron chi connectivity index (χ3n) is 6.16. The molecule has 1 aromatic carbocycles. The zero-order chi connectivity index (χ0) is 25.2. The number of alkyl halides is 3. The van der Waals surface area contributed by atoms with E-state index in [1.54, 1.807) is 17.9 Å². The number of anilines is 1. The van der Waals surface area contributed by atoms with Crippen molar-refractivity contribution in [2.75, 3.05) is 18.4 Å². The van der Waals surface area contributed by atoms with Gasteiger partial charge in [-0.15, -0.1) is 0 Å². The van der Waals surface area contributed by atoms with Gasteiger partial charge in [0.15, 0.2) is 5.82 Å². The fraction of sp³-hybridized carbons (Fsp3) is 0.375. The number of aromatic nitrogens is 4. The summed E-state index contributed by atoms with van der Waals surface area (Å²) in [5, 5.41) is 2.96. The molecule has 1 aliphatic heterocycles. The minimum atomic E-state index is -4.52. The van der Waals surface area contributed by atoms with Gasteiger partial charge >= 0.3 is 6.18 Å². The van der Waals surface area contributed by atoms with Crippen LogP contribution in [-0.2, 0) is 6.18 Å². The number of rotatable bonds is 5. The summed E-state index contributed by atoms with van der Waals surface area (Å²) in [4.78, 5) is 31.3. The number of hydrogen-bond donors (Lipinski definition) is 1. The lowest BCUT2D eigenvalue weighted by Gasteiger charge is -2.40. The van der Waals surface area contributed by atoms with Gasteiger partial charge in [-0.2, -0.15) is 13.2 Å². The van der Waals surface area contributed by atoms with Crippen molar-refractivity contribution in [1.82, 2.24) is 24.8 Å². The molecule has 0 saturated carbocycles. The van der Waals surface area contributed by atoms with Gasteiger partial charge in [-0.25, -0.2) is 24.3 Å². The summed E-state index contributed by atoms with van der Waals surface area (Å²) in [6.07, 6.45) is 1.62. The normalized spacial score (nSPS) is 18.4. The van der Waals surface area contributed by atoms with Gasteiger partial charge in [0.2, 0.25) is 5.95 Å². The van der Waals surface area contributed by atoms with Gasteiger partial charge in [0.1, 0.15) is 5.82 Å². The average molecular weight is 488 g/mol. The van der Waals surface area contributed by atoms with Gasteiger partial charge in [-0.05, 0) is 49.4 Å². The maximum Gasteiger partial charge on any atom is 0.419 e. The summed E-state index contributed by atoms with van der Waals surface area (Å²) in [5.74, 6) is -0.365. The minimum absolute atomic E-state index is 0.0409. The Morgan fingerprint density at radius 3 is 2.49 bits per heavy atom. The molecule has 2 unspecified atom stereocenters. The Hall–Kier alpha value is -3.63. The Kier molecular flexibility index (Phi) is 6.95. The Morgan fingerprint density at radius 2 is 1.83 bits per heavy atom. The SMILES string of the molecule is Cc1cc(C(=O)N2CCCC(C)C2CNc2ncc(C(F)(F)F)cn2)c(-c2ncccn2)cc1F. The molecule has 2 aromatic heterocycles. The summed E-state index contributed by atoms with van der Waals surface area (Å²) >= 11 is 0. The number of nitrogens with one attached hydrogen (secondary N) is 1. The van der Waals surface area contributed by atoms with E-state index in [-0.39, 0.29) is 36.2 Å². The lowest BCUT2D eigenvalue weighted by Crippen LogP contribution is -2.51. The van der Waals surface area contributed by atoms with Crippen LogP contribution >= 0.6 is 0 Å². The van der Waals surface area contributed by atoms with Gasteiger partial charge in [-0.3, -0.25) is 4.79 Å². The van der Waals surface area contributed by atoms with E-state index < -0.39 is 17.6 Å². The number of carbonyl (C=O) groups is 1. The Balaban J connectivity index is 1.60. The molecule has 11 heteroatoms. The Labute approximate surface area is 199 Å². The highest BCUT2D eigenvalue weighted by atomic mass is 19.4. The van der Waals surface area contributed by atoms with Crippen molar-refractivity contribution in [3.8, 4) is 11.4 Å². The van der Waals surface area contributed by atoms with Crippen molar-refractivity contribution in [2.45, 2.75) is 38.9 Å². The van der Waals surface area contributed by atoms with Crippen LogP contribution in [0.15, 0.2) is 43.0 Å². The summed E-state index contributed by atoms with van der Waals surface area (Å²) in [5.41, 5.74) is -0.0196. The molecule has 3 aromatic rings. The average Bonchev–Trinajstić information content (AvgIpc) is 2.84.